The van der Waals surface area contributed by atoms with Gasteiger partial charge in [-0.2, -0.15) is 0 Å². The van der Waals surface area contributed by atoms with Crippen molar-refractivity contribution in [3.8, 4) is 0 Å². The molecule has 0 aliphatic rings. The van der Waals surface area contributed by atoms with Crippen molar-refractivity contribution in [2.24, 2.45) is 5.73 Å². The molecule has 0 spiro atoms. The molecule has 3 heteroatoms. The Bertz CT molecular complexity index is 62.7. The second kappa shape index (κ2) is 3.61. The Labute approximate surface area is 42.1 Å². The molecule has 0 saturated heterocycles. The van der Waals surface area contributed by atoms with Crippen LogP contribution in [0.2, 0.25) is 0 Å². The van der Waals surface area contributed by atoms with Crippen molar-refractivity contribution in [2.45, 2.75) is 12.8 Å². The standard InChI is InChI=1S/C4H9NO2/c5-3-1-2-4(6)7/h1-3,5H2,(H,6,7)/i2+1,4+1. The molecule has 0 aliphatic heterocycles. The van der Waals surface area contributed by atoms with Crippen LogP contribution in [0.25, 0.3) is 0 Å². The minimum absolute atomic E-state index is 0.191. The van der Waals surface area contributed by atoms with Crippen LogP contribution in [0.15, 0.2) is 0 Å². The highest BCUT2D eigenvalue weighted by molar-refractivity contribution is 5.66. The van der Waals surface area contributed by atoms with Crippen LogP contribution >= 0.6 is 0 Å². The van der Waals surface area contributed by atoms with Crippen molar-refractivity contribution in [3.63, 3.8) is 0 Å². The molecule has 0 atom stereocenters. The number of aliphatic carboxylic acids is 1. The Morgan fingerprint density at radius 2 is 2.29 bits per heavy atom. The average molecular weight is 105 g/mol. The zero-order valence-corrected chi connectivity index (χ0v) is 4.05. The fourth-order valence-corrected chi connectivity index (χ4v) is 0.253. The first kappa shape index (κ1) is 6.43. The predicted octanol–water partition coefficient (Wildman–Crippen LogP) is -0.190. The Hall–Kier alpha value is -0.570. The fraction of sp³-hybridized carbons (Fsp3) is 0.750. The predicted molar refractivity (Wildman–Crippen MR) is 25.9 cm³/mol. The van der Waals surface area contributed by atoms with Crippen LogP contribution in [0.5, 0.6) is 0 Å². The summed E-state index contributed by atoms with van der Waals surface area (Å²) in [6.45, 7) is 0.465. The molecule has 0 aromatic carbocycles. The van der Waals surface area contributed by atoms with Gasteiger partial charge in [0, 0.05) is 6.42 Å². The van der Waals surface area contributed by atoms with E-state index in [0.29, 0.717) is 13.0 Å². The van der Waals surface area contributed by atoms with Crippen LogP contribution in [-0.2, 0) is 4.79 Å². The van der Waals surface area contributed by atoms with E-state index in [1.165, 1.54) is 0 Å². The maximum Gasteiger partial charge on any atom is 0.303 e. The highest BCUT2D eigenvalue weighted by Crippen LogP contribution is 1.82. The maximum atomic E-state index is 9.70. The molecule has 3 N–H and O–H groups in total. The van der Waals surface area contributed by atoms with E-state index in [1.54, 1.807) is 0 Å². The number of hydrogen-bond donors (Lipinski definition) is 2. The molecule has 0 amide bonds. The van der Waals surface area contributed by atoms with Crippen LogP contribution in [0.3, 0.4) is 0 Å². The summed E-state index contributed by atoms with van der Waals surface area (Å²) in [7, 11) is 0. The Morgan fingerprint density at radius 1 is 1.71 bits per heavy atom. The van der Waals surface area contributed by atoms with Crippen molar-refractivity contribution in [2.75, 3.05) is 6.54 Å². The fourth-order valence-electron chi connectivity index (χ4n) is 0.253. The zero-order chi connectivity index (χ0) is 5.70. The smallest absolute Gasteiger partial charge is 0.303 e. The lowest BCUT2D eigenvalue weighted by Crippen LogP contribution is -2.02. The number of hydrogen-bond acceptors (Lipinski definition) is 2. The number of nitrogens with two attached hydrogens (primary N) is 1. The summed E-state index contributed by atoms with van der Waals surface area (Å²) >= 11 is 0. The summed E-state index contributed by atoms with van der Waals surface area (Å²) < 4.78 is 0. The van der Waals surface area contributed by atoms with Gasteiger partial charge in [-0.15, -0.1) is 0 Å². The molecule has 0 saturated carbocycles. The lowest BCUT2D eigenvalue weighted by atomic mass is 10.6. The highest BCUT2D eigenvalue weighted by Gasteiger charge is 1.91. The van der Waals surface area contributed by atoms with E-state index in [4.69, 9.17) is 10.8 Å². The van der Waals surface area contributed by atoms with Gasteiger partial charge in [0.1, 0.15) is 0 Å². The topological polar surface area (TPSA) is 63.3 Å². The third-order valence-corrected chi connectivity index (χ3v) is 0.595. The van der Waals surface area contributed by atoms with Gasteiger partial charge in [-0.05, 0) is 13.0 Å². The molecular formula is C4H9NO2. The van der Waals surface area contributed by atoms with Gasteiger partial charge in [-0.1, -0.05) is 0 Å². The lowest BCUT2D eigenvalue weighted by molar-refractivity contribution is -0.137. The SMILES string of the molecule is NCC[13CH2][13C](=O)O. The Kier molecular flexibility index (Phi) is 3.32. The molecule has 0 rings (SSSR count). The highest BCUT2D eigenvalue weighted by atomic mass is 16.5. The van der Waals surface area contributed by atoms with E-state index in [9.17, 15) is 4.79 Å². The Morgan fingerprint density at radius 3 is 2.43 bits per heavy atom. The molecule has 0 aromatic heterocycles. The van der Waals surface area contributed by atoms with Gasteiger partial charge in [0.05, 0.1) is 0 Å². The number of carbonyl (C=O) groups is 1. The van der Waals surface area contributed by atoms with E-state index in [-0.39, 0.29) is 6.42 Å². The summed E-state index contributed by atoms with van der Waals surface area (Å²) in [5, 5.41) is 7.99. The van der Waals surface area contributed by atoms with Gasteiger partial charge in [0.15, 0.2) is 0 Å². The van der Waals surface area contributed by atoms with Crippen LogP contribution < -0.4 is 5.73 Å². The molecule has 0 aromatic rings. The summed E-state index contributed by atoms with van der Waals surface area (Å²) in [5.74, 6) is -0.773. The van der Waals surface area contributed by atoms with E-state index in [2.05, 4.69) is 0 Å². The Balaban J connectivity index is 2.82. The number of carboxylic acid groups (broad SMARTS) is 1. The monoisotopic (exact) mass is 105 g/mol. The molecule has 0 fully saturated rings. The molecule has 3 nitrogen and oxygen atoms in total. The molecule has 0 aliphatic carbocycles. The van der Waals surface area contributed by atoms with Crippen molar-refractivity contribution in [1.29, 1.82) is 0 Å². The average Bonchev–Trinajstić information content (AvgIpc) is 1.61. The van der Waals surface area contributed by atoms with Crippen LogP contribution in [0, 0.1) is 0 Å². The minimum atomic E-state index is -0.773. The second-order valence-electron chi connectivity index (χ2n) is 1.29. The van der Waals surface area contributed by atoms with Crippen LogP contribution in [0.4, 0.5) is 0 Å². The molecule has 0 radical (unpaired) electrons. The minimum Gasteiger partial charge on any atom is -0.481 e. The second-order valence-corrected chi connectivity index (χ2v) is 1.29. The van der Waals surface area contributed by atoms with E-state index < -0.39 is 5.97 Å². The van der Waals surface area contributed by atoms with Gasteiger partial charge >= 0.3 is 5.97 Å². The molecule has 42 valence electrons. The van der Waals surface area contributed by atoms with Crippen molar-refractivity contribution < 1.29 is 9.90 Å². The first-order valence-corrected chi connectivity index (χ1v) is 2.19. The maximum absolute atomic E-state index is 9.70. The van der Waals surface area contributed by atoms with E-state index in [1.807, 2.05) is 0 Å². The van der Waals surface area contributed by atoms with Crippen molar-refractivity contribution >= 4 is 5.97 Å². The molecular weight excluding hydrogens is 96.0 g/mol. The number of rotatable bonds is 3. The third kappa shape index (κ3) is 5.43. The summed E-state index contributed by atoms with van der Waals surface area (Å²) in [5.41, 5.74) is 5.01. The van der Waals surface area contributed by atoms with Crippen molar-refractivity contribution in [1.82, 2.24) is 0 Å². The first-order chi connectivity index (χ1) is 3.27. The van der Waals surface area contributed by atoms with Gasteiger partial charge in [-0.3, -0.25) is 4.79 Å². The van der Waals surface area contributed by atoms with Gasteiger partial charge < -0.3 is 10.8 Å². The lowest BCUT2D eigenvalue weighted by Gasteiger charge is -1.86. The van der Waals surface area contributed by atoms with Gasteiger partial charge in [0.25, 0.3) is 0 Å². The quantitative estimate of drug-likeness (QED) is 0.489. The van der Waals surface area contributed by atoms with Crippen LogP contribution in [-0.4, -0.2) is 17.6 Å². The summed E-state index contributed by atoms with van der Waals surface area (Å²) in [6.07, 6.45) is 0.770. The van der Waals surface area contributed by atoms with E-state index >= 15 is 0 Å². The van der Waals surface area contributed by atoms with Crippen LogP contribution in [0.1, 0.15) is 12.8 Å². The molecule has 7 heavy (non-hydrogen) atoms. The normalized spacial score (nSPS) is 8.71. The third-order valence-electron chi connectivity index (χ3n) is 0.595. The van der Waals surface area contributed by atoms with Crippen molar-refractivity contribution in [3.05, 3.63) is 0 Å². The molecule has 0 heterocycles. The first-order valence-electron chi connectivity index (χ1n) is 2.19. The van der Waals surface area contributed by atoms with E-state index in [0.717, 1.165) is 0 Å². The largest absolute Gasteiger partial charge is 0.481 e. The molecule has 0 unspecified atom stereocenters. The zero-order valence-electron chi connectivity index (χ0n) is 4.05. The van der Waals surface area contributed by atoms with Gasteiger partial charge in [-0.25, -0.2) is 0 Å². The molecule has 0 bridgehead atoms. The van der Waals surface area contributed by atoms with Gasteiger partial charge in [0.2, 0.25) is 0 Å². The summed E-state index contributed by atoms with van der Waals surface area (Å²) in [4.78, 5) is 9.70. The number of carboxylic acids is 1. The summed E-state index contributed by atoms with van der Waals surface area (Å²) in [6, 6.07) is 0.